The van der Waals surface area contributed by atoms with Crippen LogP contribution in [0.5, 0.6) is 0 Å². The highest BCUT2D eigenvalue weighted by molar-refractivity contribution is 6.87. The summed E-state index contributed by atoms with van der Waals surface area (Å²) >= 11 is 0. The van der Waals surface area contributed by atoms with Crippen molar-refractivity contribution in [2.24, 2.45) is 5.92 Å². The first-order valence-electron chi connectivity index (χ1n) is 9.07. The van der Waals surface area contributed by atoms with Gasteiger partial charge in [-0.05, 0) is 64.2 Å². The number of hydrogen-bond acceptors (Lipinski definition) is 5. The fourth-order valence-electron chi connectivity index (χ4n) is 2.65. The smallest absolute Gasteiger partial charge is 0.334 e. The van der Waals surface area contributed by atoms with E-state index in [0.29, 0.717) is 6.42 Å². The number of hydrogen-bond donors (Lipinski definition) is 1. The number of carboxylic acids is 1. The van der Waals surface area contributed by atoms with Gasteiger partial charge in [-0.15, -0.1) is 0 Å². The van der Waals surface area contributed by atoms with E-state index in [9.17, 15) is 9.59 Å². The normalized spacial score (nSPS) is 13.8. The van der Waals surface area contributed by atoms with Crippen molar-refractivity contribution in [2.45, 2.75) is 72.1 Å². The molecule has 0 aliphatic rings. The first-order chi connectivity index (χ1) is 11.5. The van der Waals surface area contributed by atoms with E-state index >= 15 is 0 Å². The van der Waals surface area contributed by atoms with Crippen LogP contribution in [0.2, 0.25) is 51.9 Å². The molecule has 0 fully saturated rings. The Bertz CT molecular complexity index is 502. The Labute approximate surface area is 161 Å². The van der Waals surface area contributed by atoms with Gasteiger partial charge in [0.25, 0.3) is 0 Å². The molecule has 0 saturated heterocycles. The molecule has 0 aromatic carbocycles. The van der Waals surface area contributed by atoms with Gasteiger partial charge in [0, 0.05) is 11.6 Å². The highest BCUT2D eigenvalue weighted by Crippen LogP contribution is 2.25. The second-order valence-corrected chi connectivity index (χ2v) is 21.7. The molecule has 0 saturated carbocycles. The number of carboxylic acid groups (broad SMARTS) is 1. The zero-order chi connectivity index (χ0) is 20.8. The number of carbonyl (C=O) groups is 2. The second-order valence-electron chi connectivity index (χ2n) is 8.89. The van der Waals surface area contributed by atoms with E-state index < -0.39 is 37.1 Å². The lowest BCUT2D eigenvalue weighted by Crippen LogP contribution is -2.52. The summed E-state index contributed by atoms with van der Waals surface area (Å²) in [6.45, 7) is 18.8. The van der Waals surface area contributed by atoms with Crippen molar-refractivity contribution >= 4 is 37.1 Å². The van der Waals surface area contributed by atoms with Gasteiger partial charge in [-0.1, -0.05) is 13.8 Å². The second kappa shape index (κ2) is 9.98. The molecule has 0 amide bonds. The van der Waals surface area contributed by atoms with Crippen LogP contribution in [0.4, 0.5) is 0 Å². The number of ether oxygens (including phenoxy) is 1. The van der Waals surface area contributed by atoms with Gasteiger partial charge in [0.2, 0.25) is 0 Å². The van der Waals surface area contributed by atoms with Gasteiger partial charge in [-0.3, -0.25) is 0 Å². The van der Waals surface area contributed by atoms with E-state index in [-0.39, 0.29) is 18.1 Å². The molecule has 152 valence electrons. The highest BCUT2D eigenvalue weighted by Gasteiger charge is 2.39. The van der Waals surface area contributed by atoms with Crippen LogP contribution < -0.4 is 0 Å². The minimum absolute atomic E-state index is 0.175. The maximum Gasteiger partial charge on any atom is 0.334 e. The third-order valence-corrected chi connectivity index (χ3v) is 12.8. The molecule has 0 atom stereocenters. The predicted octanol–water partition coefficient (Wildman–Crippen LogP) is 4.36. The van der Waals surface area contributed by atoms with Crippen LogP contribution in [0, 0.1) is 5.92 Å². The van der Waals surface area contributed by atoms with Crippen molar-refractivity contribution in [3.05, 3.63) is 11.6 Å². The molecular weight excluding hydrogens is 384 g/mol. The third-order valence-electron chi connectivity index (χ3n) is 3.19. The molecule has 0 rings (SSSR count). The summed E-state index contributed by atoms with van der Waals surface area (Å²) in [5.74, 6) is -1.91. The van der Waals surface area contributed by atoms with E-state index in [1.807, 2.05) is 0 Å². The topological polar surface area (TPSA) is 82.1 Å². The monoisotopic (exact) mass is 420 g/mol. The first-order valence-corrected chi connectivity index (χ1v) is 18.4. The lowest BCUT2D eigenvalue weighted by atomic mass is 10.0. The Hall–Kier alpha value is -0.749. The fourth-order valence-corrected chi connectivity index (χ4v) is 15.2. The predicted molar refractivity (Wildman–Crippen MR) is 111 cm³/mol. The van der Waals surface area contributed by atoms with Crippen LogP contribution in [-0.2, 0) is 22.6 Å². The van der Waals surface area contributed by atoms with Crippen molar-refractivity contribution in [1.82, 2.24) is 0 Å². The highest BCUT2D eigenvalue weighted by atomic mass is 28.5. The Kier molecular flexibility index (Phi) is 9.69. The van der Waals surface area contributed by atoms with Crippen molar-refractivity contribution < 1.29 is 27.7 Å². The van der Waals surface area contributed by atoms with Crippen LogP contribution in [0.3, 0.4) is 0 Å². The molecule has 0 unspecified atom stereocenters. The lowest BCUT2D eigenvalue weighted by molar-refractivity contribution is -0.140. The summed E-state index contributed by atoms with van der Waals surface area (Å²) in [6.07, 6.45) is 1.57. The van der Waals surface area contributed by atoms with Gasteiger partial charge < -0.3 is 18.1 Å². The van der Waals surface area contributed by atoms with Crippen LogP contribution in [0.1, 0.15) is 20.3 Å². The lowest BCUT2D eigenvalue weighted by Gasteiger charge is -2.38. The molecule has 6 nitrogen and oxygen atoms in total. The number of rotatable bonds is 11. The average Bonchev–Trinajstić information content (AvgIpc) is 2.35. The zero-order valence-electron chi connectivity index (χ0n) is 17.8. The summed E-state index contributed by atoms with van der Waals surface area (Å²) in [4.78, 5) is 23.0. The third kappa shape index (κ3) is 11.8. The molecule has 0 aromatic rings. The van der Waals surface area contributed by atoms with Gasteiger partial charge in [-0.25, -0.2) is 9.59 Å². The molecule has 0 bridgehead atoms. The van der Waals surface area contributed by atoms with E-state index in [4.69, 9.17) is 18.1 Å². The summed E-state index contributed by atoms with van der Waals surface area (Å²) < 4.78 is 18.1. The Morgan fingerprint density at radius 1 is 0.962 bits per heavy atom. The Morgan fingerprint density at radius 2 is 1.42 bits per heavy atom. The van der Waals surface area contributed by atoms with Gasteiger partial charge in [0.05, 0.1) is 6.61 Å². The first kappa shape index (κ1) is 25.3. The van der Waals surface area contributed by atoms with Gasteiger partial charge >= 0.3 is 20.5 Å². The number of carbonyl (C=O) groups excluding carboxylic acids is 1. The summed E-state index contributed by atoms with van der Waals surface area (Å²) in [5, 5.41) is 8.87. The van der Waals surface area contributed by atoms with E-state index in [1.165, 1.54) is 0 Å². The summed E-state index contributed by atoms with van der Waals surface area (Å²) in [7, 11) is -5.84. The van der Waals surface area contributed by atoms with E-state index in [2.05, 4.69) is 45.8 Å². The van der Waals surface area contributed by atoms with Crippen LogP contribution in [0.25, 0.3) is 0 Å². The van der Waals surface area contributed by atoms with Gasteiger partial charge in [0.15, 0.2) is 16.6 Å². The largest absolute Gasteiger partial charge is 0.478 e. The summed E-state index contributed by atoms with van der Waals surface area (Å²) in [5.41, 5.74) is 0.175. The molecule has 0 heterocycles. The molecule has 0 radical (unpaired) electrons. The zero-order valence-corrected chi connectivity index (χ0v) is 20.8. The standard InChI is InChI=1S/C17H36O6Si3/c1-14(2)15(13-16(18)19)17(20)21-11-10-12-26(9,22-24(3,4)5)23-25(6,7)8/h13-14H,10-12H2,1-9H3,(H,18,19). The molecule has 1 N–H and O–H groups in total. The van der Waals surface area contributed by atoms with Gasteiger partial charge in [-0.2, -0.15) is 0 Å². The molecule has 0 aliphatic carbocycles. The minimum atomic E-state index is -2.34. The fraction of sp³-hybridized carbons (Fsp3) is 0.765. The maximum atomic E-state index is 12.1. The van der Waals surface area contributed by atoms with E-state index in [1.54, 1.807) is 13.8 Å². The molecule has 0 aromatic heterocycles. The Balaban J connectivity index is 4.82. The van der Waals surface area contributed by atoms with Crippen molar-refractivity contribution in [2.75, 3.05) is 6.61 Å². The van der Waals surface area contributed by atoms with Crippen molar-refractivity contribution in [1.29, 1.82) is 0 Å². The average molecular weight is 421 g/mol. The quantitative estimate of drug-likeness (QED) is 0.231. The molecule has 0 aliphatic heterocycles. The van der Waals surface area contributed by atoms with Gasteiger partial charge in [0.1, 0.15) is 0 Å². The minimum Gasteiger partial charge on any atom is -0.478 e. The van der Waals surface area contributed by atoms with Crippen molar-refractivity contribution in [3.8, 4) is 0 Å². The SMILES string of the molecule is CC(C)C(=CC(=O)O)C(=O)OCCC[Si](C)(O[Si](C)(C)C)O[Si](C)(C)C. The number of aliphatic carboxylic acids is 1. The maximum absolute atomic E-state index is 12.1. The molecular formula is C17H36O6Si3. The van der Waals surface area contributed by atoms with Crippen LogP contribution >= 0.6 is 0 Å². The van der Waals surface area contributed by atoms with Crippen molar-refractivity contribution in [3.63, 3.8) is 0 Å². The Morgan fingerprint density at radius 3 is 1.77 bits per heavy atom. The molecule has 26 heavy (non-hydrogen) atoms. The molecule has 9 heteroatoms. The van der Waals surface area contributed by atoms with E-state index in [0.717, 1.165) is 12.1 Å². The van der Waals surface area contributed by atoms with Crippen LogP contribution in [0.15, 0.2) is 11.6 Å². The van der Waals surface area contributed by atoms with Crippen LogP contribution in [-0.4, -0.2) is 48.8 Å². The number of esters is 1. The summed E-state index contributed by atoms with van der Waals surface area (Å²) in [6, 6.07) is 0.745. The molecule has 0 spiro atoms.